The van der Waals surface area contributed by atoms with E-state index < -0.39 is 22.5 Å². The van der Waals surface area contributed by atoms with Gasteiger partial charge in [-0.1, -0.05) is 41.9 Å². The van der Waals surface area contributed by atoms with Gasteiger partial charge in [-0.3, -0.25) is 13.9 Å². The molecule has 0 aromatic heterocycles. The molecular formula is C26H28ClN3O5S. The maximum Gasteiger partial charge on any atom is 0.264 e. The summed E-state index contributed by atoms with van der Waals surface area (Å²) in [6.07, 6.45) is 0. The number of carbonyl (C=O) groups is 2. The summed E-state index contributed by atoms with van der Waals surface area (Å²) in [5.74, 6) is -0.487. The average molecular weight is 530 g/mol. The maximum atomic E-state index is 13.5. The fourth-order valence-corrected chi connectivity index (χ4v) is 5.31. The van der Waals surface area contributed by atoms with Crippen LogP contribution in [0.15, 0.2) is 77.7 Å². The fraction of sp³-hybridized carbons (Fsp3) is 0.231. The molecule has 0 spiro atoms. The van der Waals surface area contributed by atoms with Crippen LogP contribution in [0.4, 0.5) is 11.4 Å². The minimum absolute atomic E-state index is 0.0156. The first-order valence-corrected chi connectivity index (χ1v) is 13.1. The molecule has 0 saturated carbocycles. The van der Waals surface area contributed by atoms with Gasteiger partial charge in [-0.05, 0) is 56.3 Å². The highest BCUT2D eigenvalue weighted by molar-refractivity contribution is 7.92. The van der Waals surface area contributed by atoms with Crippen molar-refractivity contribution in [1.29, 1.82) is 0 Å². The summed E-state index contributed by atoms with van der Waals surface area (Å²) in [6.45, 7) is 4.22. The minimum Gasteiger partial charge on any atom is -0.495 e. The van der Waals surface area contributed by atoms with E-state index in [-0.39, 0.29) is 21.5 Å². The number of ether oxygens (including phenoxy) is 1. The van der Waals surface area contributed by atoms with Gasteiger partial charge in [-0.15, -0.1) is 0 Å². The summed E-state index contributed by atoms with van der Waals surface area (Å²) in [6, 6.07) is 18.9. The number of halogens is 1. The normalized spacial score (nSPS) is 11.0. The van der Waals surface area contributed by atoms with Crippen molar-refractivity contribution < 1.29 is 22.7 Å². The molecule has 0 heterocycles. The zero-order valence-corrected chi connectivity index (χ0v) is 21.8. The van der Waals surface area contributed by atoms with Gasteiger partial charge in [0.05, 0.1) is 34.0 Å². The van der Waals surface area contributed by atoms with Crippen LogP contribution in [0.25, 0.3) is 0 Å². The first-order valence-electron chi connectivity index (χ1n) is 11.3. The van der Waals surface area contributed by atoms with Crippen LogP contribution < -0.4 is 14.4 Å². The molecule has 1 N–H and O–H groups in total. The molecule has 3 aromatic rings. The largest absolute Gasteiger partial charge is 0.495 e. The van der Waals surface area contributed by atoms with Crippen molar-refractivity contribution in [3.05, 3.63) is 83.4 Å². The molecule has 190 valence electrons. The van der Waals surface area contributed by atoms with Crippen molar-refractivity contribution >= 4 is 44.8 Å². The monoisotopic (exact) mass is 529 g/mol. The van der Waals surface area contributed by atoms with Crippen LogP contribution in [0.2, 0.25) is 5.02 Å². The van der Waals surface area contributed by atoms with Gasteiger partial charge in [0.2, 0.25) is 5.91 Å². The number of hydrogen-bond acceptors (Lipinski definition) is 5. The highest BCUT2D eigenvalue weighted by Crippen LogP contribution is 2.32. The molecule has 0 radical (unpaired) electrons. The number of para-hydroxylation sites is 1. The Morgan fingerprint density at radius 2 is 1.58 bits per heavy atom. The van der Waals surface area contributed by atoms with Crippen molar-refractivity contribution in [3.8, 4) is 5.75 Å². The Hall–Kier alpha value is -3.56. The molecule has 0 saturated heterocycles. The Morgan fingerprint density at radius 1 is 0.944 bits per heavy atom. The van der Waals surface area contributed by atoms with Gasteiger partial charge >= 0.3 is 0 Å². The van der Waals surface area contributed by atoms with Gasteiger partial charge in [0.1, 0.15) is 12.3 Å². The second-order valence-corrected chi connectivity index (χ2v) is 9.98. The number of sulfonamides is 1. The highest BCUT2D eigenvalue weighted by Gasteiger charge is 2.28. The number of hydrogen-bond donors (Lipinski definition) is 1. The molecule has 3 rings (SSSR count). The van der Waals surface area contributed by atoms with E-state index in [9.17, 15) is 18.0 Å². The number of methoxy groups -OCH3 is 1. The van der Waals surface area contributed by atoms with E-state index in [1.165, 1.54) is 37.4 Å². The Balaban J connectivity index is 1.97. The van der Waals surface area contributed by atoms with Crippen LogP contribution in [-0.2, 0) is 14.8 Å². The second kappa shape index (κ2) is 11.9. The van der Waals surface area contributed by atoms with Gasteiger partial charge in [-0.25, -0.2) is 8.42 Å². The van der Waals surface area contributed by atoms with E-state index in [4.69, 9.17) is 16.3 Å². The summed E-state index contributed by atoms with van der Waals surface area (Å²) >= 11 is 6.26. The highest BCUT2D eigenvalue weighted by atomic mass is 35.5. The third-order valence-corrected chi connectivity index (χ3v) is 7.61. The molecular weight excluding hydrogens is 502 g/mol. The molecule has 8 nitrogen and oxygen atoms in total. The second-order valence-electron chi connectivity index (χ2n) is 7.71. The Morgan fingerprint density at radius 3 is 2.19 bits per heavy atom. The van der Waals surface area contributed by atoms with Crippen LogP contribution in [0, 0.1) is 0 Å². The van der Waals surface area contributed by atoms with Crippen molar-refractivity contribution in [2.75, 3.05) is 36.4 Å². The lowest BCUT2D eigenvalue weighted by atomic mass is 10.1. The zero-order chi connectivity index (χ0) is 26.3. The predicted octanol–water partition coefficient (Wildman–Crippen LogP) is 4.66. The lowest BCUT2D eigenvalue weighted by Gasteiger charge is -2.25. The predicted molar refractivity (Wildman–Crippen MR) is 141 cm³/mol. The van der Waals surface area contributed by atoms with E-state index in [0.717, 1.165) is 4.31 Å². The summed E-state index contributed by atoms with van der Waals surface area (Å²) in [7, 11) is -2.68. The molecule has 0 atom stereocenters. The average Bonchev–Trinajstić information content (AvgIpc) is 2.88. The third kappa shape index (κ3) is 5.98. The number of anilines is 2. The number of carbonyl (C=O) groups excluding carboxylic acids is 2. The molecule has 0 aliphatic carbocycles. The summed E-state index contributed by atoms with van der Waals surface area (Å²) in [5.41, 5.74) is 0.802. The van der Waals surface area contributed by atoms with E-state index in [0.29, 0.717) is 30.1 Å². The summed E-state index contributed by atoms with van der Waals surface area (Å²) in [4.78, 5) is 27.8. The van der Waals surface area contributed by atoms with E-state index in [1.54, 1.807) is 47.4 Å². The quantitative estimate of drug-likeness (QED) is 0.412. The summed E-state index contributed by atoms with van der Waals surface area (Å²) < 4.78 is 33.2. The molecule has 36 heavy (non-hydrogen) atoms. The Labute approximate surface area is 216 Å². The molecule has 2 amide bonds. The minimum atomic E-state index is -4.13. The van der Waals surface area contributed by atoms with E-state index in [1.807, 2.05) is 13.8 Å². The van der Waals surface area contributed by atoms with E-state index in [2.05, 4.69) is 5.32 Å². The van der Waals surface area contributed by atoms with Crippen molar-refractivity contribution in [2.24, 2.45) is 0 Å². The maximum absolute atomic E-state index is 13.5. The van der Waals surface area contributed by atoms with Crippen LogP contribution >= 0.6 is 11.6 Å². The van der Waals surface area contributed by atoms with Crippen molar-refractivity contribution in [2.45, 2.75) is 18.7 Å². The van der Waals surface area contributed by atoms with Gasteiger partial charge < -0.3 is 15.0 Å². The summed E-state index contributed by atoms with van der Waals surface area (Å²) in [5, 5.41) is 2.90. The molecule has 10 heteroatoms. The standard InChI is InChI=1S/C26H28ClN3O5S/c1-4-29(5-2)26(32)21-13-9-10-14-23(21)28-25(31)18-30(19-15-16-24(35-3)22(27)17-19)36(33,34)20-11-7-6-8-12-20/h6-17H,4-5,18H2,1-3H3,(H,28,31). The first kappa shape index (κ1) is 27.0. The lowest BCUT2D eigenvalue weighted by molar-refractivity contribution is -0.114. The molecule has 0 unspecified atom stereocenters. The fourth-order valence-electron chi connectivity index (χ4n) is 3.63. The Bertz CT molecular complexity index is 1330. The molecule has 0 fully saturated rings. The van der Waals surface area contributed by atoms with Crippen LogP contribution in [0.3, 0.4) is 0 Å². The molecule has 0 aliphatic rings. The van der Waals surface area contributed by atoms with E-state index >= 15 is 0 Å². The van der Waals surface area contributed by atoms with Gasteiger partial charge in [-0.2, -0.15) is 0 Å². The number of benzene rings is 3. The zero-order valence-electron chi connectivity index (χ0n) is 20.3. The third-order valence-electron chi connectivity index (χ3n) is 5.52. The topological polar surface area (TPSA) is 96.0 Å². The SMILES string of the molecule is CCN(CC)C(=O)c1ccccc1NC(=O)CN(c1ccc(OC)c(Cl)c1)S(=O)(=O)c1ccccc1. The first-order chi connectivity index (χ1) is 17.2. The smallest absolute Gasteiger partial charge is 0.264 e. The number of rotatable bonds is 10. The molecule has 0 aliphatic heterocycles. The molecule has 0 bridgehead atoms. The van der Waals surface area contributed by atoms with Crippen LogP contribution in [0.5, 0.6) is 5.75 Å². The lowest BCUT2D eigenvalue weighted by Crippen LogP contribution is -2.38. The van der Waals surface area contributed by atoms with Crippen molar-refractivity contribution in [1.82, 2.24) is 4.90 Å². The Kier molecular flexibility index (Phi) is 8.95. The van der Waals surface area contributed by atoms with Gasteiger partial charge in [0.25, 0.3) is 15.9 Å². The van der Waals surface area contributed by atoms with Crippen LogP contribution in [-0.4, -0.2) is 51.9 Å². The number of nitrogens with zero attached hydrogens (tertiary/aromatic N) is 2. The molecule has 3 aromatic carbocycles. The van der Waals surface area contributed by atoms with Crippen LogP contribution in [0.1, 0.15) is 24.2 Å². The number of amides is 2. The van der Waals surface area contributed by atoms with Gasteiger partial charge in [0, 0.05) is 13.1 Å². The van der Waals surface area contributed by atoms with Gasteiger partial charge in [0.15, 0.2) is 0 Å². The van der Waals surface area contributed by atoms with Crippen molar-refractivity contribution in [3.63, 3.8) is 0 Å². The number of nitrogens with one attached hydrogen (secondary N) is 1.